The van der Waals surface area contributed by atoms with Crippen LogP contribution in [0.2, 0.25) is 0 Å². The molecule has 53 heavy (non-hydrogen) atoms. The Labute approximate surface area is 318 Å². The van der Waals surface area contributed by atoms with Gasteiger partial charge in [-0.15, -0.1) is 0 Å². The van der Waals surface area contributed by atoms with E-state index in [9.17, 15) is 14.3 Å². The number of hydrogen-bond acceptors (Lipinski definition) is 8. The van der Waals surface area contributed by atoms with Gasteiger partial charge in [0.15, 0.2) is 6.29 Å². The molecule has 10 heteroatoms. The molecular weight excluding hydrogens is 673 g/mol. The Morgan fingerprint density at radius 2 is 1.66 bits per heavy atom. The van der Waals surface area contributed by atoms with E-state index < -0.39 is 12.3 Å². The molecule has 0 aromatic carbocycles. The molecule has 5 saturated carbocycles. The fourth-order valence-corrected chi connectivity index (χ4v) is 15.2. The second-order valence-corrected chi connectivity index (χ2v) is 21.1. The maximum Gasteiger partial charge on any atom is 0.410 e. The Hall–Kier alpha value is -1.04. The van der Waals surface area contributed by atoms with Crippen molar-refractivity contribution in [3.63, 3.8) is 0 Å². The number of ether oxygens (including phenoxy) is 4. The fraction of sp³-hybridized carbons (Fsp3) is 0.977. The van der Waals surface area contributed by atoms with Crippen LogP contribution in [0.25, 0.3) is 0 Å². The molecule has 0 radical (unpaired) electrons. The molecule has 4 unspecified atom stereocenters. The number of morpholine rings is 1. The van der Waals surface area contributed by atoms with E-state index in [0.29, 0.717) is 48.8 Å². The standard InChI is InChI=1S/C43H70FN3O6/c1-26(2)35(53-38(49)47-15-8-16-47)29-21-27(3)34-36(51-29)37(48)41(7)31-10-9-30-39(4,5)32(11-12-42(30)25-43(31,42)14-13-40(34,41)6)52-33-24-45(19-20-50-33)17-18-46-22-28(44)23-46/h26-37,48H,8-25H2,1-7H3/t27-,29?,30+,31?,32+,33+,34+,35-,36?,37+,40-,41-,42-,43?/m1/s1. The number of hydrogen-bond donors (Lipinski definition) is 1. The predicted molar refractivity (Wildman–Crippen MR) is 200 cm³/mol. The van der Waals surface area contributed by atoms with E-state index in [0.717, 1.165) is 71.4 Å². The lowest BCUT2D eigenvalue weighted by atomic mass is 9.41. The van der Waals surface area contributed by atoms with Gasteiger partial charge in [-0.25, -0.2) is 9.18 Å². The smallest absolute Gasteiger partial charge is 0.410 e. The van der Waals surface area contributed by atoms with E-state index in [1.165, 1.54) is 25.7 Å². The minimum Gasteiger partial charge on any atom is -0.443 e. The van der Waals surface area contributed by atoms with Gasteiger partial charge >= 0.3 is 6.09 Å². The van der Waals surface area contributed by atoms with E-state index in [4.69, 9.17) is 18.9 Å². The summed E-state index contributed by atoms with van der Waals surface area (Å²) in [5.41, 5.74) is 0.423. The maximum absolute atomic E-state index is 13.3. The number of likely N-dealkylation sites (tertiary alicyclic amines) is 2. The molecule has 4 saturated heterocycles. The summed E-state index contributed by atoms with van der Waals surface area (Å²) < 4.78 is 39.8. The van der Waals surface area contributed by atoms with Gasteiger partial charge in [-0.2, -0.15) is 0 Å². The fourth-order valence-electron chi connectivity index (χ4n) is 15.2. The number of nitrogens with zero attached hydrogens (tertiary/aromatic N) is 3. The largest absolute Gasteiger partial charge is 0.443 e. The number of halogens is 1. The van der Waals surface area contributed by atoms with Crippen molar-refractivity contribution in [2.24, 2.45) is 56.7 Å². The van der Waals surface area contributed by atoms with E-state index >= 15 is 0 Å². The lowest BCUT2D eigenvalue weighted by Gasteiger charge is -2.64. The molecule has 9 nitrogen and oxygen atoms in total. The zero-order valence-electron chi connectivity index (χ0n) is 33.9. The maximum atomic E-state index is 13.3. The first-order valence-corrected chi connectivity index (χ1v) is 21.8. The topological polar surface area (TPSA) is 83.9 Å². The second-order valence-electron chi connectivity index (χ2n) is 21.1. The lowest BCUT2D eigenvalue weighted by molar-refractivity contribution is -0.249. The van der Waals surface area contributed by atoms with E-state index in [1.54, 1.807) is 4.90 Å². The molecule has 4 aliphatic heterocycles. The number of alkyl halides is 1. The molecule has 0 aromatic rings. The Kier molecular flexibility index (Phi) is 9.20. The van der Waals surface area contributed by atoms with E-state index in [2.05, 4.69) is 58.3 Å². The van der Waals surface area contributed by atoms with Crippen LogP contribution >= 0.6 is 0 Å². The quantitative estimate of drug-likeness (QED) is 0.308. The minimum absolute atomic E-state index is 0.00109. The summed E-state index contributed by atoms with van der Waals surface area (Å²) in [6.45, 7) is 23.6. The monoisotopic (exact) mass is 744 g/mol. The number of aliphatic hydroxyl groups excluding tert-OH is 1. The van der Waals surface area contributed by atoms with Crippen molar-refractivity contribution in [1.29, 1.82) is 0 Å². The number of carbonyl (C=O) groups excluding carboxylic acids is 1. The molecule has 5 aliphatic carbocycles. The normalized spacial score (nSPS) is 49.8. The zero-order chi connectivity index (χ0) is 37.3. The summed E-state index contributed by atoms with van der Waals surface area (Å²) in [5.74, 6) is 1.90. The van der Waals surface area contributed by atoms with E-state index in [-0.39, 0.29) is 64.4 Å². The minimum atomic E-state index is -0.649. The third kappa shape index (κ3) is 5.43. The number of fused-ring (bicyclic) bond motifs is 4. The molecule has 9 rings (SSSR count). The highest BCUT2D eigenvalue weighted by atomic mass is 19.1. The highest BCUT2D eigenvalue weighted by Crippen LogP contribution is 2.89. The summed E-state index contributed by atoms with van der Waals surface area (Å²) in [5, 5.41) is 12.7. The summed E-state index contributed by atoms with van der Waals surface area (Å²) in [6, 6.07) is 0. The van der Waals surface area contributed by atoms with Gasteiger partial charge in [0.2, 0.25) is 0 Å². The van der Waals surface area contributed by atoms with Gasteiger partial charge in [0.25, 0.3) is 0 Å². The molecule has 1 N–H and O–H groups in total. The third-order valence-corrected chi connectivity index (χ3v) is 18.2. The third-order valence-electron chi connectivity index (χ3n) is 18.2. The number of aliphatic hydroxyl groups is 1. The van der Waals surface area contributed by atoms with Crippen LogP contribution in [0.4, 0.5) is 9.18 Å². The number of carbonyl (C=O) groups is 1. The lowest BCUT2D eigenvalue weighted by Crippen LogP contribution is -2.60. The van der Waals surface area contributed by atoms with Crippen molar-refractivity contribution in [3.8, 4) is 0 Å². The molecule has 4 heterocycles. The molecule has 300 valence electrons. The average molecular weight is 744 g/mol. The summed E-state index contributed by atoms with van der Waals surface area (Å²) in [6.07, 6.45) is 8.08. The van der Waals surface area contributed by atoms with Crippen molar-refractivity contribution in [2.75, 3.05) is 59.0 Å². The van der Waals surface area contributed by atoms with Crippen LogP contribution in [0.1, 0.15) is 106 Å². The molecule has 9 aliphatic rings. The summed E-state index contributed by atoms with van der Waals surface area (Å²) >= 11 is 0. The van der Waals surface area contributed by atoms with Gasteiger partial charge in [-0.1, -0.05) is 48.5 Å². The summed E-state index contributed by atoms with van der Waals surface area (Å²) in [7, 11) is 0. The number of amides is 1. The molecule has 14 atom stereocenters. The van der Waals surface area contributed by atoms with Crippen LogP contribution in [0.3, 0.4) is 0 Å². The van der Waals surface area contributed by atoms with Crippen molar-refractivity contribution in [3.05, 3.63) is 0 Å². The molecule has 2 spiro atoms. The van der Waals surface area contributed by atoms with Gasteiger partial charge in [0, 0.05) is 57.8 Å². The Bertz CT molecular complexity index is 1410. The van der Waals surface area contributed by atoms with Crippen LogP contribution in [-0.2, 0) is 18.9 Å². The van der Waals surface area contributed by atoms with Gasteiger partial charge in [0.1, 0.15) is 12.3 Å². The first-order valence-electron chi connectivity index (χ1n) is 21.8. The van der Waals surface area contributed by atoms with Crippen LogP contribution in [0, 0.1) is 56.7 Å². The average Bonchev–Trinajstić information content (AvgIpc) is 3.70. The van der Waals surface area contributed by atoms with Crippen molar-refractivity contribution in [2.45, 2.75) is 149 Å². The van der Waals surface area contributed by atoms with Gasteiger partial charge in [-0.05, 0) is 109 Å². The first kappa shape index (κ1) is 37.5. The summed E-state index contributed by atoms with van der Waals surface area (Å²) in [4.78, 5) is 19.4. The zero-order valence-corrected chi connectivity index (χ0v) is 33.9. The van der Waals surface area contributed by atoms with Crippen LogP contribution in [0.15, 0.2) is 0 Å². The highest BCUT2D eigenvalue weighted by molar-refractivity contribution is 5.68. The Morgan fingerprint density at radius 1 is 0.943 bits per heavy atom. The predicted octanol–water partition coefficient (Wildman–Crippen LogP) is 6.36. The van der Waals surface area contributed by atoms with Gasteiger partial charge in [-0.3, -0.25) is 9.80 Å². The molecule has 0 bridgehead atoms. The Morgan fingerprint density at radius 3 is 2.36 bits per heavy atom. The molecule has 9 fully saturated rings. The van der Waals surface area contributed by atoms with Gasteiger partial charge < -0.3 is 29.0 Å². The molecular formula is C43H70FN3O6. The van der Waals surface area contributed by atoms with Crippen LogP contribution in [0.5, 0.6) is 0 Å². The van der Waals surface area contributed by atoms with Crippen molar-refractivity contribution < 1.29 is 33.2 Å². The van der Waals surface area contributed by atoms with Crippen LogP contribution < -0.4 is 0 Å². The van der Waals surface area contributed by atoms with Gasteiger partial charge in [0.05, 0.1) is 31.0 Å². The molecule has 1 amide bonds. The second kappa shape index (κ2) is 13.0. The first-order chi connectivity index (χ1) is 25.1. The molecule has 0 aromatic heterocycles. The SMILES string of the molecule is CC(C)[C@@H](OC(=O)N1CCC1)C1C[C@@H](C)[C@H]2C(O1)[C@H](O)[C@@]1(C)C3CC[C@H]4C(C)(C)[C@@H](O[C@H]5CN(CCN6CC(F)C6)CCO5)CC[C@@]45CC35CC[C@]21C. The van der Waals surface area contributed by atoms with Crippen molar-refractivity contribution in [1.82, 2.24) is 14.7 Å². The highest BCUT2D eigenvalue weighted by Gasteiger charge is 2.84. The van der Waals surface area contributed by atoms with Crippen molar-refractivity contribution >= 4 is 6.09 Å². The van der Waals surface area contributed by atoms with E-state index in [1.807, 2.05) is 0 Å². The van der Waals surface area contributed by atoms with Crippen LogP contribution in [-0.4, -0.2) is 128 Å². The number of rotatable bonds is 8. The Balaban J connectivity index is 0.897.